The molecule has 6 heteroatoms. The molecule has 0 amide bonds. The zero-order valence-corrected chi connectivity index (χ0v) is 10.7. The van der Waals surface area contributed by atoms with E-state index in [0.29, 0.717) is 0 Å². The van der Waals surface area contributed by atoms with Gasteiger partial charge in [-0.2, -0.15) is 0 Å². The third kappa shape index (κ3) is 2.91. The summed E-state index contributed by atoms with van der Waals surface area (Å²) in [5, 5.41) is 14.7. The first-order chi connectivity index (χ1) is 8.70. The standard InChI is InChI=1S/C12H13N3O2S/c1-2-13-7-11-8-14-12(18-11)9-3-5-10(6-4-9)15(16)17/h3-6,8,13H,2,7H2,1H3. The van der Waals surface area contributed by atoms with Gasteiger partial charge in [-0.25, -0.2) is 4.98 Å². The van der Waals surface area contributed by atoms with Gasteiger partial charge in [0.25, 0.3) is 5.69 Å². The molecular weight excluding hydrogens is 250 g/mol. The van der Waals surface area contributed by atoms with Gasteiger partial charge in [0.2, 0.25) is 0 Å². The van der Waals surface area contributed by atoms with Crippen LogP contribution >= 0.6 is 11.3 Å². The molecule has 0 saturated carbocycles. The summed E-state index contributed by atoms with van der Waals surface area (Å²) < 4.78 is 0. The second-order valence-electron chi connectivity index (χ2n) is 3.72. The molecule has 94 valence electrons. The van der Waals surface area contributed by atoms with Crippen molar-refractivity contribution >= 4 is 17.0 Å². The van der Waals surface area contributed by atoms with E-state index in [1.54, 1.807) is 23.5 Å². The Bertz CT molecular complexity index is 537. The lowest BCUT2D eigenvalue weighted by Gasteiger charge is -1.96. The molecule has 0 saturated heterocycles. The summed E-state index contributed by atoms with van der Waals surface area (Å²) in [6, 6.07) is 6.46. The van der Waals surface area contributed by atoms with Gasteiger partial charge < -0.3 is 5.32 Å². The van der Waals surface area contributed by atoms with E-state index >= 15 is 0 Å². The van der Waals surface area contributed by atoms with Gasteiger partial charge in [0.15, 0.2) is 0 Å². The highest BCUT2D eigenvalue weighted by Gasteiger charge is 2.08. The number of non-ortho nitro benzene ring substituents is 1. The number of benzene rings is 1. The van der Waals surface area contributed by atoms with E-state index in [4.69, 9.17) is 0 Å². The summed E-state index contributed by atoms with van der Waals surface area (Å²) >= 11 is 1.60. The number of hydrogen-bond acceptors (Lipinski definition) is 5. The van der Waals surface area contributed by atoms with Crippen LogP contribution in [0.4, 0.5) is 5.69 Å². The normalized spacial score (nSPS) is 10.5. The third-order valence-electron chi connectivity index (χ3n) is 2.43. The highest BCUT2D eigenvalue weighted by Crippen LogP contribution is 2.26. The molecule has 5 nitrogen and oxygen atoms in total. The first kappa shape index (κ1) is 12.7. The number of aromatic nitrogens is 1. The molecule has 0 atom stereocenters. The molecule has 1 aromatic carbocycles. The quantitative estimate of drug-likeness (QED) is 0.665. The number of nitrogens with zero attached hydrogens (tertiary/aromatic N) is 2. The van der Waals surface area contributed by atoms with E-state index in [-0.39, 0.29) is 5.69 Å². The van der Waals surface area contributed by atoms with Crippen molar-refractivity contribution in [3.63, 3.8) is 0 Å². The molecule has 1 aromatic heterocycles. The van der Waals surface area contributed by atoms with E-state index in [2.05, 4.69) is 17.2 Å². The van der Waals surface area contributed by atoms with Crippen LogP contribution in [0.15, 0.2) is 30.5 Å². The Labute approximate surface area is 109 Å². The van der Waals surface area contributed by atoms with E-state index in [9.17, 15) is 10.1 Å². The lowest BCUT2D eigenvalue weighted by atomic mass is 10.2. The number of nitrogens with one attached hydrogen (secondary N) is 1. The van der Waals surface area contributed by atoms with E-state index in [0.717, 1.165) is 28.5 Å². The first-order valence-corrected chi connectivity index (χ1v) is 6.42. The van der Waals surface area contributed by atoms with Crippen molar-refractivity contribution in [2.24, 2.45) is 0 Å². The Balaban J connectivity index is 2.15. The van der Waals surface area contributed by atoms with Gasteiger partial charge in [0.05, 0.1) is 4.92 Å². The van der Waals surface area contributed by atoms with Crippen LogP contribution in [-0.4, -0.2) is 16.5 Å². The number of thiazole rings is 1. The second kappa shape index (κ2) is 5.70. The summed E-state index contributed by atoms with van der Waals surface area (Å²) in [6.07, 6.45) is 1.84. The van der Waals surface area contributed by atoms with Crippen LogP contribution in [0.25, 0.3) is 10.6 Å². The predicted octanol–water partition coefficient (Wildman–Crippen LogP) is 2.83. The molecule has 0 fully saturated rings. The fourth-order valence-electron chi connectivity index (χ4n) is 1.50. The minimum absolute atomic E-state index is 0.100. The first-order valence-electron chi connectivity index (χ1n) is 5.61. The molecule has 0 aliphatic carbocycles. The van der Waals surface area contributed by atoms with Gasteiger partial charge in [-0.15, -0.1) is 11.3 Å². The average Bonchev–Trinajstić information content (AvgIpc) is 2.85. The minimum Gasteiger partial charge on any atom is -0.312 e. The number of nitro benzene ring substituents is 1. The Hall–Kier alpha value is -1.79. The molecule has 18 heavy (non-hydrogen) atoms. The van der Waals surface area contributed by atoms with Crippen LogP contribution in [0.3, 0.4) is 0 Å². The highest BCUT2D eigenvalue weighted by atomic mass is 32.1. The van der Waals surface area contributed by atoms with E-state index in [1.165, 1.54) is 12.1 Å². The minimum atomic E-state index is -0.401. The molecule has 0 unspecified atom stereocenters. The maximum absolute atomic E-state index is 10.6. The average molecular weight is 263 g/mol. The van der Waals surface area contributed by atoms with Crippen LogP contribution < -0.4 is 5.32 Å². The Morgan fingerprint density at radius 2 is 2.11 bits per heavy atom. The largest absolute Gasteiger partial charge is 0.312 e. The van der Waals surface area contributed by atoms with Crippen LogP contribution in [0.1, 0.15) is 11.8 Å². The van der Waals surface area contributed by atoms with Crippen molar-refractivity contribution in [2.75, 3.05) is 6.54 Å². The SMILES string of the molecule is CCNCc1cnc(-c2ccc([N+](=O)[O-])cc2)s1. The van der Waals surface area contributed by atoms with Gasteiger partial charge in [-0.05, 0) is 18.7 Å². The van der Waals surface area contributed by atoms with Crippen LogP contribution in [-0.2, 0) is 6.54 Å². The summed E-state index contributed by atoms with van der Waals surface area (Å²) in [6.45, 7) is 3.78. The smallest absolute Gasteiger partial charge is 0.269 e. The zero-order chi connectivity index (χ0) is 13.0. The fraction of sp³-hybridized carbons (Fsp3) is 0.250. The van der Waals surface area contributed by atoms with Crippen LogP contribution in [0.2, 0.25) is 0 Å². The van der Waals surface area contributed by atoms with Gasteiger partial charge in [-0.3, -0.25) is 10.1 Å². The lowest BCUT2D eigenvalue weighted by Crippen LogP contribution is -2.10. The number of nitro groups is 1. The van der Waals surface area contributed by atoms with Gasteiger partial charge in [0.1, 0.15) is 5.01 Å². The maximum atomic E-state index is 10.6. The molecule has 2 rings (SSSR count). The Morgan fingerprint density at radius 3 is 2.72 bits per heavy atom. The topological polar surface area (TPSA) is 68.1 Å². The van der Waals surface area contributed by atoms with E-state index < -0.39 is 4.92 Å². The summed E-state index contributed by atoms with van der Waals surface area (Å²) in [5.74, 6) is 0. The van der Waals surface area contributed by atoms with Crippen LogP contribution in [0.5, 0.6) is 0 Å². The lowest BCUT2D eigenvalue weighted by molar-refractivity contribution is -0.384. The van der Waals surface area contributed by atoms with Gasteiger partial charge >= 0.3 is 0 Å². The van der Waals surface area contributed by atoms with Crippen molar-refractivity contribution in [3.8, 4) is 10.6 Å². The molecular formula is C12H13N3O2S. The predicted molar refractivity (Wildman–Crippen MR) is 71.6 cm³/mol. The molecule has 0 aliphatic rings. The van der Waals surface area contributed by atoms with Crippen molar-refractivity contribution in [1.82, 2.24) is 10.3 Å². The molecule has 0 aliphatic heterocycles. The van der Waals surface area contributed by atoms with Crippen LogP contribution in [0, 0.1) is 10.1 Å². The van der Waals surface area contributed by atoms with Gasteiger partial charge in [0, 0.05) is 35.3 Å². The molecule has 1 heterocycles. The number of rotatable bonds is 5. The van der Waals surface area contributed by atoms with Crippen molar-refractivity contribution in [3.05, 3.63) is 45.5 Å². The number of hydrogen-bond donors (Lipinski definition) is 1. The molecule has 0 bridgehead atoms. The zero-order valence-electron chi connectivity index (χ0n) is 9.92. The van der Waals surface area contributed by atoms with E-state index in [1.807, 2.05) is 6.20 Å². The Morgan fingerprint density at radius 1 is 1.39 bits per heavy atom. The monoisotopic (exact) mass is 263 g/mol. The highest BCUT2D eigenvalue weighted by molar-refractivity contribution is 7.15. The second-order valence-corrected chi connectivity index (χ2v) is 4.83. The molecule has 0 radical (unpaired) electrons. The van der Waals surface area contributed by atoms with Gasteiger partial charge in [-0.1, -0.05) is 6.92 Å². The third-order valence-corrected chi connectivity index (χ3v) is 3.47. The van der Waals surface area contributed by atoms with Crippen molar-refractivity contribution in [2.45, 2.75) is 13.5 Å². The molecule has 0 spiro atoms. The van der Waals surface area contributed by atoms with Crippen molar-refractivity contribution in [1.29, 1.82) is 0 Å². The fourth-order valence-corrected chi connectivity index (χ4v) is 2.38. The van der Waals surface area contributed by atoms with Crippen molar-refractivity contribution < 1.29 is 4.92 Å². The Kier molecular flexibility index (Phi) is 4.01. The molecule has 1 N–H and O–H groups in total. The maximum Gasteiger partial charge on any atom is 0.269 e. The summed E-state index contributed by atoms with van der Waals surface area (Å²) in [5.41, 5.74) is 1.01. The summed E-state index contributed by atoms with van der Waals surface area (Å²) in [4.78, 5) is 15.6. The molecule has 2 aromatic rings. The summed E-state index contributed by atoms with van der Waals surface area (Å²) in [7, 11) is 0.